The van der Waals surface area contributed by atoms with Crippen LogP contribution in [0.1, 0.15) is 18.4 Å². The van der Waals surface area contributed by atoms with Crippen molar-refractivity contribution in [3.63, 3.8) is 0 Å². The van der Waals surface area contributed by atoms with Gasteiger partial charge in [-0.15, -0.1) is 0 Å². The van der Waals surface area contributed by atoms with Crippen molar-refractivity contribution in [2.45, 2.75) is 19.4 Å². The van der Waals surface area contributed by atoms with Crippen molar-refractivity contribution >= 4 is 23.7 Å². The van der Waals surface area contributed by atoms with E-state index in [1.165, 1.54) is 7.11 Å². The maximum atomic E-state index is 12.3. The zero-order chi connectivity index (χ0) is 20.1. The fourth-order valence-electron chi connectivity index (χ4n) is 3.44. The van der Waals surface area contributed by atoms with Crippen LogP contribution in [0.3, 0.4) is 0 Å². The van der Waals surface area contributed by atoms with E-state index in [2.05, 4.69) is 5.32 Å². The van der Waals surface area contributed by atoms with Gasteiger partial charge in [-0.1, -0.05) is 30.4 Å². The number of amides is 3. The van der Waals surface area contributed by atoms with Crippen LogP contribution in [0, 0.1) is 11.8 Å². The van der Waals surface area contributed by atoms with Gasteiger partial charge in [-0.05, 0) is 18.9 Å². The maximum absolute atomic E-state index is 12.3. The van der Waals surface area contributed by atoms with Crippen LogP contribution in [-0.2, 0) is 30.5 Å². The van der Waals surface area contributed by atoms with Gasteiger partial charge in [0, 0.05) is 12.1 Å². The lowest BCUT2D eigenvalue weighted by atomic mass is 9.85. The number of likely N-dealkylation sites (tertiary alicyclic amines) is 1. The quantitative estimate of drug-likeness (QED) is 0.423. The number of para-hydroxylation sites is 1. The number of allylic oxidation sites excluding steroid dienone is 2. The van der Waals surface area contributed by atoms with Gasteiger partial charge in [0.2, 0.25) is 11.8 Å². The van der Waals surface area contributed by atoms with Crippen LogP contribution in [0.2, 0.25) is 0 Å². The van der Waals surface area contributed by atoms with E-state index < -0.39 is 36.9 Å². The predicted octanol–water partition coefficient (Wildman–Crippen LogP) is 0.806. The number of ether oxygens (including phenoxy) is 2. The normalized spacial score (nSPS) is 20.7. The summed E-state index contributed by atoms with van der Waals surface area (Å²) in [5.41, 5.74) is 0.786. The van der Waals surface area contributed by atoms with Crippen LogP contribution in [0.15, 0.2) is 36.4 Å². The third kappa shape index (κ3) is 4.21. The van der Waals surface area contributed by atoms with E-state index >= 15 is 0 Å². The second kappa shape index (κ2) is 8.69. The molecule has 3 rings (SSSR count). The monoisotopic (exact) mass is 386 g/mol. The topological polar surface area (TPSA) is 102 Å². The molecule has 0 saturated carbocycles. The number of carbonyl (C=O) groups excluding carboxylic acids is 4. The molecule has 1 N–H and O–H groups in total. The lowest BCUT2D eigenvalue weighted by Crippen LogP contribution is -2.38. The first kappa shape index (κ1) is 19.6. The van der Waals surface area contributed by atoms with Crippen molar-refractivity contribution in [2.24, 2.45) is 11.8 Å². The first-order chi connectivity index (χ1) is 13.5. The standard InChI is InChI=1S/C20H22N2O6/c1-27-16-9-5-2-6-13(16)10-21-17(23)12-28-18(24)11-22-19(25)14-7-3-4-8-15(14)20(22)26/h2-6,9,14-15H,7-8,10-12H2,1H3,(H,21,23)/t14-,15-/m0/s1. The van der Waals surface area contributed by atoms with Gasteiger partial charge < -0.3 is 14.8 Å². The molecule has 2 atom stereocenters. The fraction of sp³-hybridized carbons (Fsp3) is 0.400. The van der Waals surface area contributed by atoms with Crippen molar-refractivity contribution in [3.8, 4) is 5.75 Å². The van der Waals surface area contributed by atoms with E-state index in [1.54, 1.807) is 6.07 Å². The summed E-state index contributed by atoms with van der Waals surface area (Å²) in [6, 6.07) is 7.23. The average Bonchev–Trinajstić information content (AvgIpc) is 2.96. The summed E-state index contributed by atoms with van der Waals surface area (Å²) in [7, 11) is 1.54. The van der Waals surface area contributed by atoms with Gasteiger partial charge in [0.15, 0.2) is 6.61 Å². The Morgan fingerprint density at radius 2 is 1.75 bits per heavy atom. The molecule has 8 nitrogen and oxygen atoms in total. The average molecular weight is 386 g/mol. The van der Waals surface area contributed by atoms with Gasteiger partial charge >= 0.3 is 5.97 Å². The molecule has 2 aliphatic rings. The molecule has 1 aliphatic carbocycles. The van der Waals surface area contributed by atoms with Crippen LogP contribution in [0.5, 0.6) is 5.75 Å². The molecule has 1 saturated heterocycles. The van der Waals surface area contributed by atoms with E-state index in [0.29, 0.717) is 18.6 Å². The van der Waals surface area contributed by atoms with E-state index in [-0.39, 0.29) is 18.4 Å². The van der Waals surface area contributed by atoms with Gasteiger partial charge in [0.1, 0.15) is 12.3 Å². The van der Waals surface area contributed by atoms with Crippen molar-refractivity contribution in [3.05, 3.63) is 42.0 Å². The molecule has 0 radical (unpaired) electrons. The third-order valence-corrected chi connectivity index (χ3v) is 4.92. The summed E-state index contributed by atoms with van der Waals surface area (Å²) in [5, 5.41) is 2.63. The molecule has 1 aromatic rings. The molecular formula is C20H22N2O6. The van der Waals surface area contributed by atoms with Crippen molar-refractivity contribution in [1.82, 2.24) is 10.2 Å². The smallest absolute Gasteiger partial charge is 0.326 e. The zero-order valence-corrected chi connectivity index (χ0v) is 15.6. The van der Waals surface area contributed by atoms with E-state index in [9.17, 15) is 19.2 Å². The molecule has 3 amide bonds. The van der Waals surface area contributed by atoms with E-state index in [4.69, 9.17) is 9.47 Å². The fourth-order valence-corrected chi connectivity index (χ4v) is 3.44. The molecule has 1 aromatic carbocycles. The lowest BCUT2D eigenvalue weighted by Gasteiger charge is -2.14. The summed E-state index contributed by atoms with van der Waals surface area (Å²) < 4.78 is 10.1. The molecule has 0 spiro atoms. The molecule has 0 aromatic heterocycles. The molecule has 28 heavy (non-hydrogen) atoms. The van der Waals surface area contributed by atoms with Gasteiger partial charge in [-0.3, -0.25) is 24.1 Å². The number of nitrogens with zero attached hydrogens (tertiary/aromatic N) is 1. The van der Waals surface area contributed by atoms with Crippen LogP contribution >= 0.6 is 0 Å². The Labute approximate surface area is 162 Å². The number of rotatable bonds is 7. The van der Waals surface area contributed by atoms with Gasteiger partial charge in [0.25, 0.3) is 5.91 Å². The predicted molar refractivity (Wildman–Crippen MR) is 97.9 cm³/mol. The van der Waals surface area contributed by atoms with Crippen LogP contribution in [0.25, 0.3) is 0 Å². The second-order valence-electron chi connectivity index (χ2n) is 6.67. The first-order valence-corrected chi connectivity index (χ1v) is 9.05. The van der Waals surface area contributed by atoms with Gasteiger partial charge in [-0.25, -0.2) is 0 Å². The van der Waals surface area contributed by atoms with Crippen LogP contribution in [0.4, 0.5) is 0 Å². The highest BCUT2D eigenvalue weighted by molar-refractivity contribution is 6.07. The number of hydrogen-bond acceptors (Lipinski definition) is 6. The number of nitrogens with one attached hydrogen (secondary N) is 1. The number of hydrogen-bond donors (Lipinski definition) is 1. The molecule has 1 aliphatic heterocycles. The number of carbonyl (C=O) groups is 4. The Morgan fingerprint density at radius 3 is 2.39 bits per heavy atom. The zero-order valence-electron chi connectivity index (χ0n) is 15.6. The highest BCUT2D eigenvalue weighted by Gasteiger charge is 2.47. The number of esters is 1. The Bertz CT molecular complexity index is 793. The minimum atomic E-state index is -0.791. The summed E-state index contributed by atoms with van der Waals surface area (Å²) in [5.74, 6) is -2.13. The van der Waals surface area contributed by atoms with Crippen molar-refractivity contribution < 1.29 is 28.7 Å². The van der Waals surface area contributed by atoms with Gasteiger partial charge in [0.05, 0.1) is 18.9 Å². The third-order valence-electron chi connectivity index (χ3n) is 4.92. The number of imide groups is 1. The minimum Gasteiger partial charge on any atom is -0.496 e. The summed E-state index contributed by atoms with van der Waals surface area (Å²) in [4.78, 5) is 49.5. The molecule has 0 unspecified atom stereocenters. The maximum Gasteiger partial charge on any atom is 0.326 e. The Balaban J connectivity index is 1.45. The van der Waals surface area contributed by atoms with Crippen LogP contribution < -0.4 is 10.1 Å². The summed E-state index contributed by atoms with van der Waals surface area (Å²) in [6.07, 6.45) is 4.76. The Kier molecular flexibility index (Phi) is 6.08. The number of benzene rings is 1. The summed E-state index contributed by atoms with van der Waals surface area (Å²) >= 11 is 0. The molecule has 8 heteroatoms. The number of fused-ring (bicyclic) bond motifs is 1. The molecule has 148 valence electrons. The second-order valence-corrected chi connectivity index (χ2v) is 6.67. The molecular weight excluding hydrogens is 364 g/mol. The van der Waals surface area contributed by atoms with Crippen molar-refractivity contribution in [1.29, 1.82) is 0 Å². The highest BCUT2D eigenvalue weighted by Crippen LogP contribution is 2.34. The first-order valence-electron chi connectivity index (χ1n) is 9.05. The lowest BCUT2D eigenvalue weighted by molar-refractivity contribution is -0.154. The highest BCUT2D eigenvalue weighted by atomic mass is 16.5. The largest absolute Gasteiger partial charge is 0.496 e. The SMILES string of the molecule is COc1ccccc1CNC(=O)COC(=O)CN1C(=O)[C@H]2CC=CC[C@@H]2C1=O. The van der Waals surface area contributed by atoms with Gasteiger partial charge in [-0.2, -0.15) is 0 Å². The number of methoxy groups -OCH3 is 1. The minimum absolute atomic E-state index is 0.222. The molecule has 0 bridgehead atoms. The molecule has 1 fully saturated rings. The van der Waals surface area contributed by atoms with Crippen LogP contribution in [-0.4, -0.2) is 48.9 Å². The Morgan fingerprint density at radius 1 is 1.11 bits per heavy atom. The summed E-state index contributed by atoms with van der Waals surface area (Å²) in [6.45, 7) is -0.733. The van der Waals surface area contributed by atoms with E-state index in [1.807, 2.05) is 30.4 Å². The Hall–Kier alpha value is -3.16. The van der Waals surface area contributed by atoms with E-state index in [0.717, 1.165) is 10.5 Å². The van der Waals surface area contributed by atoms with Crippen molar-refractivity contribution in [2.75, 3.05) is 20.3 Å². The molecule has 1 heterocycles.